The van der Waals surface area contributed by atoms with Crippen molar-refractivity contribution in [2.45, 2.75) is 32.2 Å². The van der Waals surface area contributed by atoms with E-state index in [9.17, 15) is 14.4 Å². The number of fused-ring (bicyclic) bond motifs is 3. The Kier molecular flexibility index (Phi) is 6.63. The molecule has 0 saturated carbocycles. The summed E-state index contributed by atoms with van der Waals surface area (Å²) >= 11 is 0. The number of hydrogen-bond acceptors (Lipinski definition) is 4. The summed E-state index contributed by atoms with van der Waals surface area (Å²) in [6, 6.07) is 20.6. The first-order valence-corrected chi connectivity index (χ1v) is 11.1. The summed E-state index contributed by atoms with van der Waals surface area (Å²) < 4.78 is 5.58. The molecular weight excluding hydrogens is 432 g/mol. The molecule has 0 unspecified atom stereocenters. The molecule has 3 N–H and O–H groups in total. The van der Waals surface area contributed by atoms with Gasteiger partial charge in [0.2, 0.25) is 0 Å². The first-order chi connectivity index (χ1) is 16.3. The average Bonchev–Trinajstić information content (AvgIpc) is 3.12. The molecule has 1 aliphatic rings. The van der Waals surface area contributed by atoms with Gasteiger partial charge in [0.15, 0.2) is 0 Å². The maximum atomic E-state index is 12.7. The fourth-order valence-corrected chi connectivity index (χ4v) is 4.31. The number of carboxylic acids is 1. The van der Waals surface area contributed by atoms with Gasteiger partial charge in [0.05, 0.1) is 17.7 Å². The molecule has 0 saturated heterocycles. The van der Waals surface area contributed by atoms with Crippen LogP contribution in [0.1, 0.15) is 46.3 Å². The van der Waals surface area contributed by atoms with Crippen LogP contribution in [-0.2, 0) is 9.53 Å². The highest BCUT2D eigenvalue weighted by Gasteiger charge is 2.29. The van der Waals surface area contributed by atoms with E-state index in [4.69, 9.17) is 9.84 Å². The molecule has 0 aliphatic heterocycles. The van der Waals surface area contributed by atoms with Gasteiger partial charge in [-0.15, -0.1) is 0 Å². The van der Waals surface area contributed by atoms with Crippen LogP contribution >= 0.6 is 0 Å². The third-order valence-corrected chi connectivity index (χ3v) is 5.86. The van der Waals surface area contributed by atoms with E-state index in [-0.39, 0.29) is 24.5 Å². The second-order valence-electron chi connectivity index (χ2n) is 8.47. The number of carbonyl (C=O) groups is 3. The fourth-order valence-electron chi connectivity index (χ4n) is 4.31. The van der Waals surface area contributed by atoms with Crippen molar-refractivity contribution in [3.8, 4) is 11.1 Å². The van der Waals surface area contributed by atoms with E-state index >= 15 is 0 Å². The predicted molar refractivity (Wildman–Crippen MR) is 129 cm³/mol. The minimum atomic E-state index is -1.01. The smallest absolute Gasteiger partial charge is 0.411 e. The van der Waals surface area contributed by atoms with Crippen molar-refractivity contribution in [1.82, 2.24) is 5.32 Å². The molecule has 2 amide bonds. The highest BCUT2D eigenvalue weighted by molar-refractivity contribution is 6.03. The number of anilines is 1. The lowest BCUT2D eigenvalue weighted by atomic mass is 9.98. The first kappa shape index (κ1) is 23.0. The molecular formula is C27H26N2O5. The molecule has 0 heterocycles. The monoisotopic (exact) mass is 458 g/mol. The third kappa shape index (κ3) is 4.93. The second-order valence-corrected chi connectivity index (χ2v) is 8.47. The SMILES string of the molecule is Cc1ccc(NC(=O)OCC2c3ccccc3-c3ccccc32)c(C(=O)N[C@H](C)CC(=O)O)c1. The number of carbonyl (C=O) groups excluding carboxylic acids is 2. The number of ether oxygens (including phenoxy) is 1. The molecule has 0 fully saturated rings. The number of amides is 2. The molecule has 0 aromatic heterocycles. The van der Waals surface area contributed by atoms with E-state index in [1.54, 1.807) is 25.1 Å². The summed E-state index contributed by atoms with van der Waals surface area (Å²) in [5.41, 5.74) is 5.86. The molecule has 4 rings (SSSR count). The van der Waals surface area contributed by atoms with Crippen LogP contribution in [0, 0.1) is 6.92 Å². The van der Waals surface area contributed by atoms with Crippen molar-refractivity contribution in [3.63, 3.8) is 0 Å². The number of nitrogens with one attached hydrogen (secondary N) is 2. The van der Waals surface area contributed by atoms with E-state index in [1.165, 1.54) is 0 Å². The van der Waals surface area contributed by atoms with Crippen LogP contribution in [-0.4, -0.2) is 35.7 Å². The predicted octanol–water partition coefficient (Wildman–Crippen LogP) is 4.95. The zero-order valence-corrected chi connectivity index (χ0v) is 19.0. The van der Waals surface area contributed by atoms with Crippen LogP contribution in [0.3, 0.4) is 0 Å². The topological polar surface area (TPSA) is 105 Å². The van der Waals surface area contributed by atoms with E-state index < -0.39 is 24.0 Å². The highest BCUT2D eigenvalue weighted by Crippen LogP contribution is 2.44. The van der Waals surface area contributed by atoms with Gasteiger partial charge in [-0.05, 0) is 48.2 Å². The summed E-state index contributed by atoms with van der Waals surface area (Å²) in [5, 5.41) is 14.3. The van der Waals surface area contributed by atoms with Crippen LogP contribution in [0.2, 0.25) is 0 Å². The summed E-state index contributed by atoms with van der Waals surface area (Å²) in [4.78, 5) is 36.3. The van der Waals surface area contributed by atoms with Crippen molar-refractivity contribution >= 4 is 23.7 Å². The van der Waals surface area contributed by atoms with Gasteiger partial charge in [0, 0.05) is 12.0 Å². The number of aryl methyl sites for hydroxylation is 1. The van der Waals surface area contributed by atoms with Gasteiger partial charge in [-0.2, -0.15) is 0 Å². The quantitative estimate of drug-likeness (QED) is 0.465. The van der Waals surface area contributed by atoms with Crippen LogP contribution in [0.25, 0.3) is 11.1 Å². The third-order valence-electron chi connectivity index (χ3n) is 5.86. The summed E-state index contributed by atoms with van der Waals surface area (Å²) in [6.07, 6.45) is -0.870. The molecule has 0 spiro atoms. The lowest BCUT2D eigenvalue weighted by Crippen LogP contribution is -2.34. The minimum absolute atomic E-state index is 0.0733. The maximum Gasteiger partial charge on any atom is 0.411 e. The molecule has 7 nitrogen and oxygen atoms in total. The van der Waals surface area contributed by atoms with E-state index in [2.05, 4.69) is 22.8 Å². The normalized spacial score (nSPS) is 12.9. The highest BCUT2D eigenvalue weighted by atomic mass is 16.5. The Bertz CT molecular complexity index is 1210. The Hall–Kier alpha value is -4.13. The Morgan fingerprint density at radius 1 is 0.971 bits per heavy atom. The van der Waals surface area contributed by atoms with Crippen molar-refractivity contribution in [3.05, 3.63) is 89.0 Å². The molecule has 174 valence electrons. The van der Waals surface area contributed by atoms with Crippen molar-refractivity contribution in [2.24, 2.45) is 0 Å². The van der Waals surface area contributed by atoms with Gasteiger partial charge in [0.1, 0.15) is 6.61 Å². The lowest BCUT2D eigenvalue weighted by molar-refractivity contribution is -0.137. The van der Waals surface area contributed by atoms with Gasteiger partial charge in [-0.1, -0.05) is 60.2 Å². The first-order valence-electron chi connectivity index (χ1n) is 11.1. The number of benzene rings is 3. The molecule has 0 bridgehead atoms. The van der Waals surface area contributed by atoms with Crippen LogP contribution in [0.15, 0.2) is 66.7 Å². The number of aliphatic carboxylic acids is 1. The minimum Gasteiger partial charge on any atom is -0.481 e. The molecule has 34 heavy (non-hydrogen) atoms. The van der Waals surface area contributed by atoms with Gasteiger partial charge in [0.25, 0.3) is 5.91 Å². The van der Waals surface area contributed by atoms with E-state index in [0.29, 0.717) is 5.69 Å². The largest absolute Gasteiger partial charge is 0.481 e. The van der Waals surface area contributed by atoms with E-state index in [1.807, 2.05) is 43.3 Å². The van der Waals surface area contributed by atoms with Crippen LogP contribution < -0.4 is 10.6 Å². The summed E-state index contributed by atoms with van der Waals surface area (Å²) in [7, 11) is 0. The molecule has 3 aromatic carbocycles. The Morgan fingerprint density at radius 2 is 1.59 bits per heavy atom. The van der Waals surface area contributed by atoms with Crippen molar-refractivity contribution in [2.75, 3.05) is 11.9 Å². The zero-order valence-electron chi connectivity index (χ0n) is 19.0. The fraction of sp³-hybridized carbons (Fsp3) is 0.222. The summed E-state index contributed by atoms with van der Waals surface area (Å²) in [6.45, 7) is 3.60. The lowest BCUT2D eigenvalue weighted by Gasteiger charge is -2.17. The van der Waals surface area contributed by atoms with Crippen LogP contribution in [0.4, 0.5) is 10.5 Å². The summed E-state index contributed by atoms with van der Waals surface area (Å²) in [5.74, 6) is -1.55. The van der Waals surface area contributed by atoms with Gasteiger partial charge in [-0.25, -0.2) is 4.79 Å². The van der Waals surface area contributed by atoms with Crippen molar-refractivity contribution < 1.29 is 24.2 Å². The number of rotatable bonds is 7. The molecule has 0 radical (unpaired) electrons. The standard InChI is InChI=1S/C27H26N2O5/c1-16-11-12-24(22(13-16)26(32)28-17(2)14-25(30)31)29-27(33)34-15-23-20-9-5-3-7-18(20)19-8-4-6-10-21(19)23/h3-13,17,23H,14-15H2,1-2H3,(H,28,32)(H,29,33)(H,30,31)/t17-/m1/s1. The average molecular weight is 459 g/mol. The van der Waals surface area contributed by atoms with Crippen LogP contribution in [0.5, 0.6) is 0 Å². The zero-order chi connectivity index (χ0) is 24.2. The second kappa shape index (κ2) is 9.79. The van der Waals surface area contributed by atoms with E-state index in [0.717, 1.165) is 27.8 Å². The van der Waals surface area contributed by atoms with Gasteiger partial charge < -0.3 is 15.2 Å². The number of carboxylic acid groups (broad SMARTS) is 1. The Labute approximate surface area is 197 Å². The van der Waals surface area contributed by atoms with Crippen molar-refractivity contribution in [1.29, 1.82) is 0 Å². The molecule has 1 atom stereocenters. The molecule has 3 aromatic rings. The van der Waals surface area contributed by atoms with Gasteiger partial charge in [-0.3, -0.25) is 14.9 Å². The molecule has 7 heteroatoms. The van der Waals surface area contributed by atoms with Gasteiger partial charge >= 0.3 is 12.1 Å². The Morgan fingerprint density at radius 3 is 2.21 bits per heavy atom. The Balaban J connectivity index is 1.46. The maximum absolute atomic E-state index is 12.7. The molecule has 1 aliphatic carbocycles. The number of hydrogen-bond donors (Lipinski definition) is 3.